The number of hydrogen-bond donors (Lipinski definition) is 0. The van der Waals surface area contributed by atoms with Crippen molar-refractivity contribution in [2.45, 2.75) is 0 Å². The molecule has 0 rings (SSSR count). The van der Waals surface area contributed by atoms with Crippen molar-refractivity contribution in [2.24, 2.45) is 0 Å². The van der Waals surface area contributed by atoms with Crippen LogP contribution in [0.2, 0.25) is 0 Å². The average Bonchev–Trinajstić information content (AvgIpc) is 0. The van der Waals surface area contributed by atoms with Gasteiger partial charge in [0.1, 0.15) is 0 Å². The van der Waals surface area contributed by atoms with E-state index in [-0.39, 0.29) is 50.2 Å². The van der Waals surface area contributed by atoms with Crippen molar-refractivity contribution in [3.05, 3.63) is 0 Å². The van der Waals surface area contributed by atoms with E-state index in [0.717, 1.165) is 0 Å². The Bertz CT molecular complexity index is 4.14. The zero-order valence-corrected chi connectivity index (χ0v) is 4.37. The van der Waals surface area contributed by atoms with Crippen LogP contribution in [0.5, 0.6) is 0 Å². The summed E-state index contributed by atoms with van der Waals surface area (Å²) >= 11 is 0. The van der Waals surface area contributed by atoms with E-state index in [9.17, 15) is 0 Å². The number of hydrogen-bond acceptors (Lipinski definition) is 6. The van der Waals surface area contributed by atoms with E-state index in [1.165, 1.54) is 0 Å². The molecule has 0 aliphatic heterocycles. The molecular weight excluding hydrogens is 148 g/mol. The predicted molar refractivity (Wildman–Crippen MR) is 11.6 cm³/mol. The van der Waals surface area contributed by atoms with Crippen LogP contribution in [0.3, 0.4) is 0 Å². The first-order valence-electron chi connectivity index (χ1n) is 0. The van der Waals surface area contributed by atoms with Crippen LogP contribution in [-0.4, -0.2) is 32.9 Å². The van der Waals surface area contributed by atoms with Crippen LogP contribution in [0.15, 0.2) is 0 Å². The minimum absolute atomic E-state index is 0. The Labute approximate surface area is 51.1 Å². The molecule has 0 atom stereocenters. The summed E-state index contributed by atoms with van der Waals surface area (Å²) in [5.41, 5.74) is 0. The van der Waals surface area contributed by atoms with Crippen molar-refractivity contribution < 1.29 is 50.2 Å². The first-order valence-corrected chi connectivity index (χ1v) is 0. The molecule has 0 unspecified atom stereocenters. The molecular formula is H6CrO6. The molecule has 0 aromatic heterocycles. The van der Waals surface area contributed by atoms with Crippen LogP contribution in [0.25, 0.3) is 0 Å². The topological polar surface area (TPSA) is 180 Å². The van der Waals surface area contributed by atoms with Gasteiger partial charge in [-0.2, -0.15) is 0 Å². The fourth-order valence-electron chi connectivity index (χ4n) is 0. The fourth-order valence-corrected chi connectivity index (χ4v) is 0. The van der Waals surface area contributed by atoms with Gasteiger partial charge < -0.3 is 32.9 Å². The van der Waals surface area contributed by atoms with E-state index in [4.69, 9.17) is 0 Å². The zero-order chi connectivity index (χ0) is 0. The van der Waals surface area contributed by atoms with Gasteiger partial charge in [-0.05, 0) is 0 Å². The molecule has 6 N–H and O–H groups in total. The Morgan fingerprint density at radius 2 is 0.286 bits per heavy atom. The SMILES string of the molecule is [Cr+6].[OH-].[OH-].[OH-].[OH-].[OH-].[OH-]. The van der Waals surface area contributed by atoms with E-state index in [0.29, 0.717) is 0 Å². The van der Waals surface area contributed by atoms with Crippen molar-refractivity contribution in [1.29, 1.82) is 0 Å². The minimum atomic E-state index is 0. The van der Waals surface area contributed by atoms with Gasteiger partial charge >= 0.3 is 17.4 Å². The Kier molecular flexibility index (Phi) is 994000. The van der Waals surface area contributed by atoms with Gasteiger partial charge in [0.2, 0.25) is 0 Å². The largest absolute Gasteiger partial charge is 6.00 e. The fraction of sp³-hybridized carbons (Fsp3) is 0. The molecule has 0 aliphatic rings. The van der Waals surface area contributed by atoms with Gasteiger partial charge in [-0.3, -0.25) is 0 Å². The minimum Gasteiger partial charge on any atom is -0.870 e. The summed E-state index contributed by atoms with van der Waals surface area (Å²) in [6.07, 6.45) is 0. The van der Waals surface area contributed by atoms with Gasteiger partial charge in [-0.1, -0.05) is 0 Å². The Morgan fingerprint density at radius 3 is 0.286 bits per heavy atom. The summed E-state index contributed by atoms with van der Waals surface area (Å²) in [7, 11) is 0. The molecule has 7 heteroatoms. The maximum absolute atomic E-state index is 0. The molecule has 0 amide bonds. The molecule has 0 heterocycles. The van der Waals surface area contributed by atoms with Gasteiger partial charge in [-0.15, -0.1) is 0 Å². The molecule has 0 saturated heterocycles. The molecule has 0 aromatic rings. The van der Waals surface area contributed by atoms with Crippen LogP contribution >= 0.6 is 0 Å². The third-order valence-electron chi connectivity index (χ3n) is 0. The molecule has 48 valence electrons. The molecule has 0 fully saturated rings. The van der Waals surface area contributed by atoms with E-state index in [1.807, 2.05) is 0 Å². The quantitative estimate of drug-likeness (QED) is 0.428. The Morgan fingerprint density at radius 1 is 0.286 bits per heavy atom. The number of rotatable bonds is 0. The van der Waals surface area contributed by atoms with Crippen molar-refractivity contribution in [3.63, 3.8) is 0 Å². The maximum atomic E-state index is 0. The van der Waals surface area contributed by atoms with Gasteiger partial charge in [-0.25, -0.2) is 0 Å². The van der Waals surface area contributed by atoms with Crippen molar-refractivity contribution in [2.75, 3.05) is 0 Å². The zero-order valence-electron chi connectivity index (χ0n) is 3.09. The summed E-state index contributed by atoms with van der Waals surface area (Å²) in [5.74, 6) is 0. The van der Waals surface area contributed by atoms with Crippen LogP contribution in [0.1, 0.15) is 0 Å². The van der Waals surface area contributed by atoms with Crippen LogP contribution in [0.4, 0.5) is 0 Å². The molecule has 0 aliphatic carbocycles. The second-order valence-electron chi connectivity index (χ2n) is 0. The van der Waals surface area contributed by atoms with Crippen molar-refractivity contribution >= 4 is 0 Å². The average molecular weight is 154 g/mol. The summed E-state index contributed by atoms with van der Waals surface area (Å²) in [5, 5.41) is 0. The Balaban J connectivity index is 0. The molecule has 6 nitrogen and oxygen atoms in total. The smallest absolute Gasteiger partial charge is 0.870 e. The van der Waals surface area contributed by atoms with Gasteiger partial charge in [0.15, 0.2) is 0 Å². The molecule has 0 radical (unpaired) electrons. The third-order valence-corrected chi connectivity index (χ3v) is 0. The second-order valence-corrected chi connectivity index (χ2v) is 0. The Hall–Kier alpha value is 0.292. The summed E-state index contributed by atoms with van der Waals surface area (Å²) in [6, 6.07) is 0. The molecule has 0 bridgehead atoms. The summed E-state index contributed by atoms with van der Waals surface area (Å²) in [4.78, 5) is 0. The van der Waals surface area contributed by atoms with E-state index in [1.54, 1.807) is 0 Å². The summed E-state index contributed by atoms with van der Waals surface area (Å²) < 4.78 is 0. The van der Waals surface area contributed by atoms with Crippen LogP contribution in [-0.2, 0) is 17.4 Å². The van der Waals surface area contributed by atoms with E-state index >= 15 is 0 Å². The van der Waals surface area contributed by atoms with Gasteiger partial charge in [0.25, 0.3) is 0 Å². The van der Waals surface area contributed by atoms with E-state index in [2.05, 4.69) is 0 Å². The van der Waals surface area contributed by atoms with Gasteiger partial charge in [0, 0.05) is 0 Å². The maximum Gasteiger partial charge on any atom is 6.00 e. The first kappa shape index (κ1) is 3380. The molecule has 7 heavy (non-hydrogen) atoms. The second kappa shape index (κ2) is 2060. The third kappa shape index (κ3) is 1360. The summed E-state index contributed by atoms with van der Waals surface area (Å²) in [6.45, 7) is 0. The standard InChI is InChI=1S/Cr.6H2O/h;6*1H2/q+6;;;;;;/p-6. The van der Waals surface area contributed by atoms with Gasteiger partial charge in [0.05, 0.1) is 0 Å². The molecule has 0 saturated carbocycles. The normalized spacial score (nSPS) is 0. The van der Waals surface area contributed by atoms with Crippen molar-refractivity contribution in [1.82, 2.24) is 0 Å². The van der Waals surface area contributed by atoms with Crippen molar-refractivity contribution in [3.8, 4) is 0 Å². The first-order chi connectivity index (χ1) is 0. The predicted octanol–water partition coefficient (Wildman–Crippen LogP) is -1.06. The molecule has 0 spiro atoms. The van der Waals surface area contributed by atoms with Crippen LogP contribution in [0, 0.1) is 0 Å². The monoisotopic (exact) mass is 154 g/mol. The van der Waals surface area contributed by atoms with E-state index < -0.39 is 0 Å². The molecule has 0 aromatic carbocycles. The van der Waals surface area contributed by atoms with Crippen LogP contribution < -0.4 is 0 Å².